The first-order valence-electron chi connectivity index (χ1n) is 6.30. The number of rotatable bonds is 8. The van der Waals surface area contributed by atoms with Crippen LogP contribution in [0, 0.1) is 5.92 Å². The molecule has 0 spiro atoms. The van der Waals surface area contributed by atoms with Crippen molar-refractivity contribution in [3.05, 3.63) is 34.9 Å². The van der Waals surface area contributed by atoms with Gasteiger partial charge in [0.05, 0.1) is 6.61 Å². The number of halogens is 1. The Kier molecular flexibility index (Phi) is 7.04. The average molecular weight is 300 g/mol. The summed E-state index contributed by atoms with van der Waals surface area (Å²) in [5.41, 5.74) is 1.00. The molecule has 0 radical (unpaired) electrons. The first kappa shape index (κ1) is 16.5. The zero-order valence-electron chi connectivity index (χ0n) is 11.3. The van der Waals surface area contributed by atoms with E-state index in [-0.39, 0.29) is 25.0 Å². The monoisotopic (exact) mass is 299 g/mol. The Morgan fingerprint density at radius 1 is 1.45 bits per heavy atom. The third kappa shape index (κ3) is 6.54. The number of carbonyl (C=O) groups is 2. The molecule has 0 bridgehead atoms. The molecule has 0 saturated carbocycles. The molecule has 0 fully saturated rings. The number of carboxylic acid groups (broad SMARTS) is 1. The second kappa shape index (κ2) is 8.55. The molecule has 0 saturated heterocycles. The van der Waals surface area contributed by atoms with Gasteiger partial charge in [-0.3, -0.25) is 4.79 Å². The molecule has 0 aliphatic carbocycles. The molecule has 20 heavy (non-hydrogen) atoms. The van der Waals surface area contributed by atoms with Gasteiger partial charge in [0, 0.05) is 17.5 Å². The van der Waals surface area contributed by atoms with Crippen LogP contribution in [0.3, 0.4) is 0 Å². The Balaban J connectivity index is 2.27. The van der Waals surface area contributed by atoms with E-state index in [0.29, 0.717) is 18.0 Å². The maximum atomic E-state index is 11.8. The Morgan fingerprint density at radius 3 is 2.85 bits per heavy atom. The number of benzene rings is 1. The van der Waals surface area contributed by atoms with E-state index in [9.17, 15) is 9.59 Å². The maximum Gasteiger partial charge on any atom is 0.329 e. The molecule has 1 atom stereocenters. The first-order valence-corrected chi connectivity index (χ1v) is 6.68. The normalized spacial score (nSPS) is 11.9. The van der Waals surface area contributed by atoms with E-state index in [0.717, 1.165) is 5.56 Å². The molecule has 0 heterocycles. The summed E-state index contributed by atoms with van der Waals surface area (Å²) in [6.07, 6.45) is 0.600. The molecule has 0 aliphatic rings. The molecule has 6 heteroatoms. The number of nitrogens with one attached hydrogen (secondary N) is 1. The van der Waals surface area contributed by atoms with Crippen LogP contribution < -0.4 is 5.32 Å². The van der Waals surface area contributed by atoms with Crippen molar-refractivity contribution in [1.82, 2.24) is 5.32 Å². The van der Waals surface area contributed by atoms with Crippen LogP contribution in [-0.2, 0) is 20.7 Å². The zero-order chi connectivity index (χ0) is 15.0. The highest BCUT2D eigenvalue weighted by atomic mass is 35.5. The second-order valence-electron chi connectivity index (χ2n) is 4.47. The fourth-order valence-electron chi connectivity index (χ4n) is 1.69. The van der Waals surface area contributed by atoms with Gasteiger partial charge >= 0.3 is 5.97 Å². The van der Waals surface area contributed by atoms with E-state index in [1.807, 2.05) is 25.1 Å². The Bertz CT molecular complexity index is 464. The van der Waals surface area contributed by atoms with Crippen LogP contribution in [0.4, 0.5) is 0 Å². The lowest BCUT2D eigenvalue weighted by Crippen LogP contribution is -2.33. The molecule has 1 rings (SSSR count). The first-order chi connectivity index (χ1) is 9.49. The molecule has 1 amide bonds. The summed E-state index contributed by atoms with van der Waals surface area (Å²) in [5.74, 6) is -1.30. The number of ether oxygens (including phenoxy) is 1. The summed E-state index contributed by atoms with van der Waals surface area (Å²) in [6, 6.07) is 7.39. The van der Waals surface area contributed by atoms with Crippen molar-refractivity contribution in [3.8, 4) is 0 Å². The van der Waals surface area contributed by atoms with Gasteiger partial charge in [0.25, 0.3) is 0 Å². The standard InChI is InChI=1S/C14H18ClNO4/c1-10(7-11-3-2-4-12(15)8-11)14(19)16-5-6-20-9-13(17)18/h2-4,8,10H,5-7,9H2,1H3,(H,16,19)(H,17,18). The van der Waals surface area contributed by atoms with Crippen LogP contribution in [0.5, 0.6) is 0 Å². The highest BCUT2D eigenvalue weighted by Gasteiger charge is 2.13. The third-order valence-electron chi connectivity index (χ3n) is 2.65. The molecule has 1 unspecified atom stereocenters. The Morgan fingerprint density at radius 2 is 2.20 bits per heavy atom. The summed E-state index contributed by atoms with van der Waals surface area (Å²) >= 11 is 5.89. The Hall–Kier alpha value is -1.59. The smallest absolute Gasteiger partial charge is 0.329 e. The Labute approximate surface area is 122 Å². The van der Waals surface area contributed by atoms with Crippen LogP contribution >= 0.6 is 11.6 Å². The molecule has 1 aromatic rings. The minimum Gasteiger partial charge on any atom is -0.480 e. The van der Waals surface area contributed by atoms with Gasteiger partial charge in [-0.1, -0.05) is 30.7 Å². The van der Waals surface area contributed by atoms with Gasteiger partial charge < -0.3 is 15.2 Å². The summed E-state index contributed by atoms with van der Waals surface area (Å²) in [6.45, 7) is 1.95. The van der Waals surface area contributed by atoms with Gasteiger partial charge in [-0.05, 0) is 24.1 Å². The molecular formula is C14H18ClNO4. The van der Waals surface area contributed by atoms with Gasteiger partial charge in [0.15, 0.2) is 0 Å². The van der Waals surface area contributed by atoms with Crippen molar-refractivity contribution in [2.45, 2.75) is 13.3 Å². The lowest BCUT2D eigenvalue weighted by atomic mass is 10.0. The molecule has 110 valence electrons. The van der Waals surface area contributed by atoms with E-state index >= 15 is 0 Å². The van der Waals surface area contributed by atoms with E-state index in [1.54, 1.807) is 6.07 Å². The van der Waals surface area contributed by atoms with Crippen molar-refractivity contribution in [3.63, 3.8) is 0 Å². The van der Waals surface area contributed by atoms with Crippen molar-refractivity contribution in [2.75, 3.05) is 19.8 Å². The predicted molar refractivity (Wildman–Crippen MR) is 75.8 cm³/mol. The average Bonchev–Trinajstić information content (AvgIpc) is 2.37. The van der Waals surface area contributed by atoms with Crippen molar-refractivity contribution >= 4 is 23.5 Å². The third-order valence-corrected chi connectivity index (χ3v) is 2.88. The molecule has 5 nitrogen and oxygen atoms in total. The second-order valence-corrected chi connectivity index (χ2v) is 4.91. The van der Waals surface area contributed by atoms with Gasteiger partial charge in [0.1, 0.15) is 6.61 Å². The quantitative estimate of drug-likeness (QED) is 0.717. The number of aliphatic carboxylic acids is 1. The van der Waals surface area contributed by atoms with Crippen LogP contribution in [-0.4, -0.2) is 36.7 Å². The van der Waals surface area contributed by atoms with Gasteiger partial charge in [-0.2, -0.15) is 0 Å². The predicted octanol–water partition coefficient (Wildman–Crippen LogP) is 1.74. The SMILES string of the molecule is CC(Cc1cccc(Cl)c1)C(=O)NCCOCC(=O)O. The highest BCUT2D eigenvalue weighted by Crippen LogP contribution is 2.14. The van der Waals surface area contributed by atoms with Gasteiger partial charge in [-0.15, -0.1) is 0 Å². The molecule has 1 aromatic carbocycles. The van der Waals surface area contributed by atoms with Crippen LogP contribution in [0.1, 0.15) is 12.5 Å². The van der Waals surface area contributed by atoms with E-state index < -0.39 is 5.97 Å². The molecule has 0 aliphatic heterocycles. The van der Waals surface area contributed by atoms with Crippen molar-refractivity contribution in [1.29, 1.82) is 0 Å². The summed E-state index contributed by atoms with van der Waals surface area (Å²) in [7, 11) is 0. The van der Waals surface area contributed by atoms with E-state index in [4.69, 9.17) is 21.4 Å². The fourth-order valence-corrected chi connectivity index (χ4v) is 1.90. The van der Waals surface area contributed by atoms with Gasteiger partial charge in [0.2, 0.25) is 5.91 Å². The minimum absolute atomic E-state index is 0.0936. The number of hydrogen-bond donors (Lipinski definition) is 2. The summed E-state index contributed by atoms with van der Waals surface area (Å²) < 4.78 is 4.83. The van der Waals surface area contributed by atoms with Crippen molar-refractivity contribution in [2.24, 2.45) is 5.92 Å². The molecular weight excluding hydrogens is 282 g/mol. The lowest BCUT2D eigenvalue weighted by Gasteiger charge is -2.12. The number of carbonyl (C=O) groups excluding carboxylic acids is 1. The summed E-state index contributed by atoms with van der Waals surface area (Å²) in [5, 5.41) is 11.7. The highest BCUT2D eigenvalue weighted by molar-refractivity contribution is 6.30. The minimum atomic E-state index is -1.02. The fraction of sp³-hybridized carbons (Fsp3) is 0.429. The number of amides is 1. The van der Waals surface area contributed by atoms with E-state index in [2.05, 4.69) is 5.32 Å². The van der Waals surface area contributed by atoms with Crippen LogP contribution in [0.25, 0.3) is 0 Å². The lowest BCUT2D eigenvalue weighted by molar-refractivity contribution is -0.142. The topological polar surface area (TPSA) is 75.6 Å². The molecule has 2 N–H and O–H groups in total. The van der Waals surface area contributed by atoms with Gasteiger partial charge in [-0.25, -0.2) is 4.79 Å². The van der Waals surface area contributed by atoms with E-state index in [1.165, 1.54) is 0 Å². The van der Waals surface area contributed by atoms with Crippen molar-refractivity contribution < 1.29 is 19.4 Å². The number of hydrogen-bond acceptors (Lipinski definition) is 3. The zero-order valence-corrected chi connectivity index (χ0v) is 12.0. The number of carboxylic acids is 1. The van der Waals surface area contributed by atoms with Crippen LogP contribution in [0.15, 0.2) is 24.3 Å². The van der Waals surface area contributed by atoms with Crippen LogP contribution in [0.2, 0.25) is 5.02 Å². The molecule has 0 aromatic heterocycles. The maximum absolute atomic E-state index is 11.8. The largest absolute Gasteiger partial charge is 0.480 e. The summed E-state index contributed by atoms with van der Waals surface area (Å²) in [4.78, 5) is 22.0.